The summed E-state index contributed by atoms with van der Waals surface area (Å²) in [5.74, 6) is -0.880. The van der Waals surface area contributed by atoms with Crippen LogP contribution >= 0.6 is 0 Å². The van der Waals surface area contributed by atoms with Crippen molar-refractivity contribution >= 4 is 11.7 Å². The number of nitrogens with zero attached hydrogens (tertiary/aromatic N) is 1. The van der Waals surface area contributed by atoms with Gasteiger partial charge in [0.1, 0.15) is 5.82 Å². The molecule has 0 bridgehead atoms. The van der Waals surface area contributed by atoms with Gasteiger partial charge in [0.05, 0.1) is 5.71 Å². The number of allylic oxidation sites excluding steroid dienone is 1. The Kier molecular flexibility index (Phi) is 4.39. The third kappa shape index (κ3) is 3.65. The molecule has 0 spiro atoms. The van der Waals surface area contributed by atoms with Crippen molar-refractivity contribution in [2.24, 2.45) is 5.16 Å². The monoisotopic (exact) mass is 221 g/mol. The van der Waals surface area contributed by atoms with E-state index in [1.54, 1.807) is 18.2 Å². The van der Waals surface area contributed by atoms with Crippen LogP contribution in [-0.2, 0) is 9.63 Å². The second-order valence-electron chi connectivity index (χ2n) is 3.12. The predicted molar refractivity (Wildman–Crippen MR) is 59.5 cm³/mol. The van der Waals surface area contributed by atoms with E-state index in [2.05, 4.69) is 16.6 Å². The number of halogens is 1. The highest BCUT2D eigenvalue weighted by Gasteiger charge is 2.04. The minimum absolute atomic E-state index is 0.364. The normalized spacial score (nSPS) is 11.0. The Hall–Kier alpha value is -1.97. The van der Waals surface area contributed by atoms with Crippen molar-refractivity contribution in [3.8, 4) is 0 Å². The van der Waals surface area contributed by atoms with Gasteiger partial charge in [-0.2, -0.15) is 0 Å². The van der Waals surface area contributed by atoms with Gasteiger partial charge in [-0.3, -0.25) is 0 Å². The van der Waals surface area contributed by atoms with Gasteiger partial charge in [0.15, 0.2) is 0 Å². The second kappa shape index (κ2) is 5.80. The van der Waals surface area contributed by atoms with Crippen LogP contribution in [-0.4, -0.2) is 11.7 Å². The van der Waals surface area contributed by atoms with E-state index in [1.165, 1.54) is 19.1 Å². The minimum atomic E-state index is -0.516. The van der Waals surface area contributed by atoms with E-state index >= 15 is 0 Å². The summed E-state index contributed by atoms with van der Waals surface area (Å²) in [6.07, 6.45) is 2.00. The quantitative estimate of drug-likeness (QED) is 0.339. The lowest BCUT2D eigenvalue weighted by atomic mass is 10.1. The number of carbonyl (C=O) groups is 1. The topological polar surface area (TPSA) is 38.7 Å². The Morgan fingerprint density at radius 1 is 1.62 bits per heavy atom. The largest absolute Gasteiger partial charge is 0.331 e. The fraction of sp³-hybridized carbons (Fsp3) is 0.167. The molecule has 0 unspecified atom stereocenters. The van der Waals surface area contributed by atoms with Gasteiger partial charge in [-0.25, -0.2) is 9.18 Å². The molecular weight excluding hydrogens is 209 g/mol. The van der Waals surface area contributed by atoms with Crippen molar-refractivity contribution in [3.05, 3.63) is 48.3 Å². The van der Waals surface area contributed by atoms with E-state index in [0.717, 1.165) is 0 Å². The summed E-state index contributed by atoms with van der Waals surface area (Å²) >= 11 is 0. The maximum absolute atomic E-state index is 13.0. The molecule has 0 N–H and O–H groups in total. The lowest BCUT2D eigenvalue weighted by Gasteiger charge is -2.03. The van der Waals surface area contributed by atoms with Crippen molar-refractivity contribution in [2.45, 2.75) is 13.3 Å². The molecule has 0 aromatic heterocycles. The van der Waals surface area contributed by atoms with Crippen LogP contribution in [0.3, 0.4) is 0 Å². The second-order valence-corrected chi connectivity index (χ2v) is 3.12. The summed E-state index contributed by atoms with van der Waals surface area (Å²) in [6.45, 7) is 4.81. The van der Waals surface area contributed by atoms with Crippen LogP contribution in [0, 0.1) is 5.82 Å². The van der Waals surface area contributed by atoms with Gasteiger partial charge in [-0.15, -0.1) is 6.58 Å². The number of carbonyl (C=O) groups excluding carboxylic acids is 1. The Bertz CT molecular complexity index is 427. The third-order valence-electron chi connectivity index (χ3n) is 1.78. The van der Waals surface area contributed by atoms with Gasteiger partial charge < -0.3 is 4.84 Å². The molecule has 4 heteroatoms. The van der Waals surface area contributed by atoms with E-state index < -0.39 is 5.97 Å². The molecule has 0 aliphatic carbocycles. The van der Waals surface area contributed by atoms with Crippen LogP contribution < -0.4 is 0 Å². The fourth-order valence-corrected chi connectivity index (χ4v) is 1.13. The Balaban J connectivity index is 2.97. The molecule has 0 aliphatic rings. The van der Waals surface area contributed by atoms with Gasteiger partial charge in [0, 0.05) is 18.9 Å². The van der Waals surface area contributed by atoms with Crippen LogP contribution in [0.25, 0.3) is 0 Å². The van der Waals surface area contributed by atoms with Crippen LogP contribution in [0.5, 0.6) is 0 Å². The maximum atomic E-state index is 13.0. The van der Waals surface area contributed by atoms with E-state index in [-0.39, 0.29) is 5.82 Å². The van der Waals surface area contributed by atoms with Crippen molar-refractivity contribution in [1.82, 2.24) is 0 Å². The molecule has 1 rings (SSSR count). The summed E-state index contributed by atoms with van der Waals surface area (Å²) in [5, 5.41) is 3.65. The molecule has 0 saturated heterocycles. The molecule has 1 aromatic rings. The summed E-state index contributed by atoms with van der Waals surface area (Å²) in [6, 6.07) is 5.92. The van der Waals surface area contributed by atoms with Crippen molar-refractivity contribution in [3.63, 3.8) is 0 Å². The van der Waals surface area contributed by atoms with Crippen molar-refractivity contribution < 1.29 is 14.0 Å². The molecule has 0 radical (unpaired) electrons. The van der Waals surface area contributed by atoms with Crippen LogP contribution in [0.2, 0.25) is 0 Å². The van der Waals surface area contributed by atoms with Crippen LogP contribution in [0.15, 0.2) is 42.1 Å². The lowest BCUT2D eigenvalue weighted by Crippen LogP contribution is -2.03. The van der Waals surface area contributed by atoms with Gasteiger partial charge >= 0.3 is 5.97 Å². The zero-order chi connectivity index (χ0) is 12.0. The molecule has 0 heterocycles. The van der Waals surface area contributed by atoms with Crippen LogP contribution in [0.1, 0.15) is 18.9 Å². The van der Waals surface area contributed by atoms with Gasteiger partial charge in [0.25, 0.3) is 0 Å². The van der Waals surface area contributed by atoms with Crippen molar-refractivity contribution in [1.29, 1.82) is 0 Å². The first-order valence-corrected chi connectivity index (χ1v) is 4.74. The first-order chi connectivity index (χ1) is 7.63. The number of benzene rings is 1. The molecular formula is C12H12FNO2. The number of hydrogen-bond acceptors (Lipinski definition) is 3. The average molecular weight is 221 g/mol. The first-order valence-electron chi connectivity index (χ1n) is 4.74. The van der Waals surface area contributed by atoms with Gasteiger partial charge in [0.2, 0.25) is 0 Å². The maximum Gasteiger partial charge on any atom is 0.331 e. The smallest absolute Gasteiger partial charge is 0.318 e. The standard InChI is InChI=1S/C12H12FNO2/c1-3-5-12(14-16-9(2)15)10-6-4-7-11(13)8-10/h3-4,6-8H,1,5H2,2H3/b14-12+. The first kappa shape index (κ1) is 12.1. The highest BCUT2D eigenvalue weighted by molar-refractivity contribution is 6.01. The number of rotatable bonds is 4. The Labute approximate surface area is 93.2 Å². The zero-order valence-corrected chi connectivity index (χ0v) is 8.94. The molecule has 0 aliphatic heterocycles. The average Bonchev–Trinajstić information content (AvgIpc) is 2.24. The zero-order valence-electron chi connectivity index (χ0n) is 8.94. The number of hydrogen-bond donors (Lipinski definition) is 0. The molecule has 0 fully saturated rings. The highest BCUT2D eigenvalue weighted by Crippen LogP contribution is 2.08. The van der Waals surface area contributed by atoms with E-state index in [9.17, 15) is 9.18 Å². The summed E-state index contributed by atoms with van der Waals surface area (Å²) in [7, 11) is 0. The molecule has 0 saturated carbocycles. The van der Waals surface area contributed by atoms with E-state index in [0.29, 0.717) is 17.7 Å². The molecule has 0 atom stereocenters. The predicted octanol–water partition coefficient (Wildman–Crippen LogP) is 2.67. The van der Waals surface area contributed by atoms with Crippen molar-refractivity contribution in [2.75, 3.05) is 0 Å². The molecule has 0 amide bonds. The SMILES string of the molecule is C=CC/C(=N\OC(C)=O)c1cccc(F)c1. The van der Waals surface area contributed by atoms with Gasteiger partial charge in [-0.1, -0.05) is 23.4 Å². The molecule has 16 heavy (non-hydrogen) atoms. The number of oxime groups is 1. The third-order valence-corrected chi connectivity index (χ3v) is 1.78. The Morgan fingerprint density at radius 3 is 2.94 bits per heavy atom. The highest BCUT2D eigenvalue weighted by atomic mass is 19.1. The molecule has 3 nitrogen and oxygen atoms in total. The van der Waals surface area contributed by atoms with Crippen LogP contribution in [0.4, 0.5) is 4.39 Å². The molecule has 84 valence electrons. The summed E-state index contributed by atoms with van der Waals surface area (Å²) in [4.78, 5) is 15.2. The van der Waals surface area contributed by atoms with E-state index in [4.69, 9.17) is 0 Å². The lowest BCUT2D eigenvalue weighted by molar-refractivity contribution is -0.140. The molecule has 1 aromatic carbocycles. The van der Waals surface area contributed by atoms with Gasteiger partial charge in [-0.05, 0) is 12.1 Å². The van der Waals surface area contributed by atoms with E-state index in [1.807, 2.05) is 0 Å². The summed E-state index contributed by atoms with van der Waals surface area (Å²) < 4.78 is 13.0. The summed E-state index contributed by atoms with van der Waals surface area (Å²) in [5.41, 5.74) is 1.03. The Morgan fingerprint density at radius 2 is 2.38 bits per heavy atom. The fourth-order valence-electron chi connectivity index (χ4n) is 1.13. The minimum Gasteiger partial charge on any atom is -0.318 e.